The molecule has 0 aliphatic heterocycles. The molecule has 0 aliphatic carbocycles. The zero-order valence-electron chi connectivity index (χ0n) is 23.0. The fourth-order valence-electron chi connectivity index (χ4n) is 4.45. The molecule has 34 heavy (non-hydrogen) atoms. The summed E-state index contributed by atoms with van der Waals surface area (Å²) in [6.45, 7) is 22.8. The molecule has 0 aliphatic rings. The molecule has 0 fully saturated rings. The van der Waals surface area contributed by atoms with E-state index in [-0.39, 0.29) is 28.0 Å². The predicted molar refractivity (Wildman–Crippen MR) is 150 cm³/mol. The van der Waals surface area contributed by atoms with E-state index in [4.69, 9.17) is 8.85 Å². The van der Waals surface area contributed by atoms with Crippen molar-refractivity contribution in [1.29, 1.82) is 0 Å². The molecule has 2 aromatic rings. The van der Waals surface area contributed by atoms with Gasteiger partial charge >= 0.3 is 0 Å². The molecule has 0 N–H and O–H groups in total. The van der Waals surface area contributed by atoms with Gasteiger partial charge in [0.15, 0.2) is 8.32 Å². The molecule has 188 valence electrons. The van der Waals surface area contributed by atoms with Gasteiger partial charge in [0.2, 0.25) is 0 Å². The molecule has 0 unspecified atom stereocenters. The van der Waals surface area contributed by atoms with Crippen LogP contribution in [-0.4, -0.2) is 35.6 Å². The average Bonchev–Trinajstić information content (AvgIpc) is 2.77. The van der Waals surface area contributed by atoms with E-state index in [1.165, 1.54) is 10.4 Å². The first kappa shape index (κ1) is 28.7. The Balaban J connectivity index is 2.48. The summed E-state index contributed by atoms with van der Waals surface area (Å²) in [5.41, 5.74) is 0. The maximum atomic E-state index is 11.9. The molecule has 5 heteroatoms. The summed E-state index contributed by atoms with van der Waals surface area (Å²) in [6.07, 6.45) is 0.869. The van der Waals surface area contributed by atoms with Crippen LogP contribution in [0.3, 0.4) is 0 Å². The van der Waals surface area contributed by atoms with Crippen molar-refractivity contribution in [3.63, 3.8) is 0 Å². The molecule has 0 aromatic heterocycles. The lowest BCUT2D eigenvalue weighted by Gasteiger charge is -2.45. The second-order valence-corrected chi connectivity index (χ2v) is 21.4. The highest BCUT2D eigenvalue weighted by Gasteiger charge is 2.51. The van der Waals surface area contributed by atoms with E-state index < -0.39 is 16.6 Å². The van der Waals surface area contributed by atoms with Crippen molar-refractivity contribution in [2.24, 2.45) is 11.8 Å². The molecule has 3 nitrogen and oxygen atoms in total. The van der Waals surface area contributed by atoms with Crippen LogP contribution >= 0.6 is 0 Å². The van der Waals surface area contributed by atoms with Crippen molar-refractivity contribution >= 4 is 33.3 Å². The maximum absolute atomic E-state index is 11.9. The van der Waals surface area contributed by atoms with Gasteiger partial charge in [0.05, 0.1) is 6.10 Å². The van der Waals surface area contributed by atoms with Crippen LogP contribution in [0, 0.1) is 11.8 Å². The van der Waals surface area contributed by atoms with Crippen LogP contribution in [0.1, 0.15) is 55.4 Å². The first-order chi connectivity index (χ1) is 15.7. The molecular formula is C29H46O3Si2. The first-order valence-electron chi connectivity index (χ1n) is 12.6. The molecule has 3 atom stereocenters. The number of hydrogen-bond acceptors (Lipinski definition) is 3. The fraction of sp³-hybridized carbons (Fsp3) is 0.552. The van der Waals surface area contributed by atoms with Crippen LogP contribution in [-0.2, 0) is 13.6 Å². The van der Waals surface area contributed by atoms with Gasteiger partial charge in [-0.1, -0.05) is 116 Å². The number of aldehydes is 1. The molecule has 0 amide bonds. The van der Waals surface area contributed by atoms with Crippen LogP contribution in [0.2, 0.25) is 23.2 Å². The lowest BCUT2D eigenvalue weighted by atomic mass is 9.95. The van der Waals surface area contributed by atoms with Crippen molar-refractivity contribution in [3.8, 4) is 0 Å². The molecular weight excluding hydrogens is 452 g/mol. The van der Waals surface area contributed by atoms with Crippen LogP contribution < -0.4 is 10.4 Å². The largest absolute Gasteiger partial charge is 0.413 e. The van der Waals surface area contributed by atoms with Gasteiger partial charge in [-0.05, 0) is 33.5 Å². The third kappa shape index (κ3) is 6.17. The van der Waals surface area contributed by atoms with E-state index in [1.54, 1.807) is 0 Å². The van der Waals surface area contributed by atoms with Gasteiger partial charge in [-0.3, -0.25) is 0 Å². The van der Waals surface area contributed by atoms with E-state index in [1.807, 2.05) is 6.92 Å². The number of carbonyl (C=O) groups is 1. The summed E-state index contributed by atoms with van der Waals surface area (Å²) in [7, 11) is -4.68. The smallest absolute Gasteiger partial charge is 0.261 e. The molecule has 0 spiro atoms. The Morgan fingerprint density at radius 3 is 1.59 bits per heavy atom. The van der Waals surface area contributed by atoms with E-state index >= 15 is 0 Å². The highest BCUT2D eigenvalue weighted by molar-refractivity contribution is 6.99. The van der Waals surface area contributed by atoms with E-state index in [0.29, 0.717) is 6.61 Å². The number of carbonyl (C=O) groups excluding carboxylic acids is 1. The summed E-state index contributed by atoms with van der Waals surface area (Å²) in [4.78, 5) is 11.9. The van der Waals surface area contributed by atoms with Gasteiger partial charge in [-0.25, -0.2) is 0 Å². The summed E-state index contributed by atoms with van der Waals surface area (Å²) < 4.78 is 14.0. The Hall–Kier alpha value is -1.54. The number of hydrogen-bond donors (Lipinski definition) is 0. The van der Waals surface area contributed by atoms with Gasteiger partial charge in [0.1, 0.15) is 6.29 Å². The standard InChI is InChI=1S/C29H46O3Si2/c1-23(21-30)27(32-33(9,10)28(3,4)5)24(2)22-31-34(29(6,7)8,25-17-13-11-14-18-25)26-19-15-12-16-20-26/h11-21,23-24,27H,22H2,1-10H3/t23-,24+,27-/m0/s1. The lowest BCUT2D eigenvalue weighted by Crippen LogP contribution is -2.67. The topological polar surface area (TPSA) is 35.5 Å². The second kappa shape index (κ2) is 11.0. The minimum Gasteiger partial charge on any atom is -0.413 e. The first-order valence-corrected chi connectivity index (χ1v) is 17.4. The van der Waals surface area contributed by atoms with Crippen molar-refractivity contribution < 1.29 is 13.6 Å². The van der Waals surface area contributed by atoms with Crippen molar-refractivity contribution in [1.82, 2.24) is 0 Å². The zero-order valence-corrected chi connectivity index (χ0v) is 25.0. The normalized spacial score (nSPS) is 16.1. The number of rotatable bonds is 10. The third-order valence-corrected chi connectivity index (χ3v) is 17.0. The lowest BCUT2D eigenvalue weighted by molar-refractivity contribution is -0.114. The second-order valence-electron chi connectivity index (χ2n) is 12.3. The van der Waals surface area contributed by atoms with Gasteiger partial charge in [0.25, 0.3) is 8.32 Å². The van der Waals surface area contributed by atoms with Crippen molar-refractivity contribution in [2.75, 3.05) is 6.61 Å². The number of benzene rings is 2. The van der Waals surface area contributed by atoms with Crippen LogP contribution in [0.5, 0.6) is 0 Å². The molecule has 0 heterocycles. The minimum absolute atomic E-state index is 0.0758. The minimum atomic E-state index is -2.63. The summed E-state index contributed by atoms with van der Waals surface area (Å²) in [5.74, 6) is -0.108. The van der Waals surface area contributed by atoms with E-state index in [9.17, 15) is 4.79 Å². The Bertz CT molecular complexity index is 859. The highest BCUT2D eigenvalue weighted by atomic mass is 28.4. The van der Waals surface area contributed by atoms with Gasteiger partial charge < -0.3 is 13.6 Å². The molecule has 0 radical (unpaired) electrons. The van der Waals surface area contributed by atoms with Crippen LogP contribution in [0.15, 0.2) is 60.7 Å². The summed E-state index contributed by atoms with van der Waals surface area (Å²) in [6, 6.07) is 21.4. The van der Waals surface area contributed by atoms with Gasteiger partial charge in [-0.15, -0.1) is 0 Å². The van der Waals surface area contributed by atoms with Crippen molar-refractivity contribution in [2.45, 2.75) is 84.7 Å². The Morgan fingerprint density at radius 1 is 0.794 bits per heavy atom. The van der Waals surface area contributed by atoms with Gasteiger partial charge in [0, 0.05) is 18.4 Å². The fourth-order valence-corrected chi connectivity index (χ4v) is 10.6. The Labute approximate surface area is 210 Å². The SMILES string of the molecule is C[C@H](CO[Si](c1ccccc1)(c1ccccc1)C(C)(C)C)[C@@H](O[Si](C)(C)C(C)(C)C)[C@@H](C)C=O. The quantitative estimate of drug-likeness (QED) is 0.280. The van der Waals surface area contributed by atoms with Gasteiger partial charge in [-0.2, -0.15) is 0 Å². The predicted octanol–water partition coefficient (Wildman–Crippen LogP) is 6.42. The van der Waals surface area contributed by atoms with Crippen molar-refractivity contribution in [3.05, 3.63) is 60.7 Å². The third-order valence-electron chi connectivity index (χ3n) is 7.51. The molecule has 0 bridgehead atoms. The van der Waals surface area contributed by atoms with Crippen LogP contribution in [0.4, 0.5) is 0 Å². The van der Waals surface area contributed by atoms with E-state index in [0.717, 1.165) is 6.29 Å². The monoisotopic (exact) mass is 498 g/mol. The molecule has 2 rings (SSSR count). The summed E-state index contributed by atoms with van der Waals surface area (Å²) >= 11 is 0. The molecule has 0 saturated heterocycles. The average molecular weight is 499 g/mol. The zero-order chi connectivity index (χ0) is 25.8. The molecule has 0 saturated carbocycles. The highest BCUT2D eigenvalue weighted by Crippen LogP contribution is 2.40. The Kier molecular flexibility index (Phi) is 9.31. The maximum Gasteiger partial charge on any atom is 0.261 e. The Morgan fingerprint density at radius 2 is 1.24 bits per heavy atom. The molecule has 2 aromatic carbocycles. The van der Waals surface area contributed by atoms with E-state index in [2.05, 4.69) is 122 Å². The van der Waals surface area contributed by atoms with Crippen LogP contribution in [0.25, 0.3) is 0 Å². The summed E-state index contributed by atoms with van der Waals surface area (Å²) in [5, 5.41) is 2.53.